The zero-order valence-corrected chi connectivity index (χ0v) is 12.9. The molecule has 3 heterocycles. The zero-order valence-electron chi connectivity index (χ0n) is 12.9. The van der Waals surface area contributed by atoms with E-state index in [-0.39, 0.29) is 5.56 Å². The van der Waals surface area contributed by atoms with Crippen LogP contribution >= 0.6 is 0 Å². The number of pyridine rings is 1. The van der Waals surface area contributed by atoms with E-state index in [0.717, 1.165) is 35.6 Å². The molecule has 6 nitrogen and oxygen atoms in total. The van der Waals surface area contributed by atoms with E-state index in [1.807, 2.05) is 30.7 Å². The molecule has 0 saturated heterocycles. The van der Waals surface area contributed by atoms with E-state index in [9.17, 15) is 9.90 Å². The highest BCUT2D eigenvalue weighted by Crippen LogP contribution is 2.28. The van der Waals surface area contributed by atoms with Gasteiger partial charge in [-0.3, -0.25) is 4.68 Å². The Hall–Kier alpha value is -2.63. The van der Waals surface area contributed by atoms with Gasteiger partial charge in [0.15, 0.2) is 0 Å². The molecular formula is C16H18N4O2. The molecule has 3 rings (SSSR count). The largest absolute Gasteiger partial charge is 0.478 e. The minimum atomic E-state index is -0.970. The smallest absolute Gasteiger partial charge is 0.339 e. The molecule has 0 unspecified atom stereocenters. The second-order valence-corrected chi connectivity index (χ2v) is 5.34. The van der Waals surface area contributed by atoms with Crippen LogP contribution in [0.2, 0.25) is 0 Å². The third kappa shape index (κ3) is 2.07. The molecule has 0 aliphatic carbocycles. The number of nitrogens with zero attached hydrogens (tertiary/aromatic N) is 4. The van der Waals surface area contributed by atoms with Gasteiger partial charge in [0.2, 0.25) is 0 Å². The van der Waals surface area contributed by atoms with Crippen molar-refractivity contribution in [1.29, 1.82) is 0 Å². The summed E-state index contributed by atoms with van der Waals surface area (Å²) in [7, 11) is 0. The highest BCUT2D eigenvalue weighted by molar-refractivity contribution is 5.95. The molecule has 1 N–H and O–H groups in total. The monoisotopic (exact) mass is 298 g/mol. The first-order valence-corrected chi connectivity index (χ1v) is 7.29. The van der Waals surface area contributed by atoms with E-state index in [2.05, 4.69) is 17.1 Å². The first-order valence-electron chi connectivity index (χ1n) is 7.29. The summed E-state index contributed by atoms with van der Waals surface area (Å²) < 4.78 is 3.67. The minimum Gasteiger partial charge on any atom is -0.478 e. The number of aromatic nitrogens is 4. The summed E-state index contributed by atoms with van der Waals surface area (Å²) in [4.78, 5) is 11.3. The summed E-state index contributed by atoms with van der Waals surface area (Å²) in [5, 5.41) is 18.1. The molecule has 0 bridgehead atoms. The molecule has 3 aromatic rings. The topological polar surface area (TPSA) is 72.4 Å². The Morgan fingerprint density at radius 3 is 2.77 bits per heavy atom. The van der Waals surface area contributed by atoms with E-state index in [1.165, 1.54) is 6.20 Å². The van der Waals surface area contributed by atoms with Gasteiger partial charge in [-0.15, -0.1) is 0 Å². The van der Waals surface area contributed by atoms with Crippen LogP contribution in [0.1, 0.15) is 35.1 Å². The molecule has 114 valence electrons. The van der Waals surface area contributed by atoms with Crippen LogP contribution in [0.25, 0.3) is 16.8 Å². The molecule has 0 aliphatic rings. The summed E-state index contributed by atoms with van der Waals surface area (Å²) in [6.45, 7) is 6.98. The second kappa shape index (κ2) is 5.29. The van der Waals surface area contributed by atoms with Gasteiger partial charge in [0, 0.05) is 17.8 Å². The van der Waals surface area contributed by atoms with Gasteiger partial charge in [-0.2, -0.15) is 10.2 Å². The second-order valence-electron chi connectivity index (χ2n) is 5.34. The summed E-state index contributed by atoms with van der Waals surface area (Å²) in [6.07, 6.45) is 2.40. The van der Waals surface area contributed by atoms with Crippen LogP contribution < -0.4 is 0 Å². The van der Waals surface area contributed by atoms with E-state index >= 15 is 0 Å². The number of aryl methyl sites for hydroxylation is 2. The van der Waals surface area contributed by atoms with E-state index in [4.69, 9.17) is 0 Å². The van der Waals surface area contributed by atoms with Gasteiger partial charge in [0.25, 0.3) is 0 Å². The average Bonchev–Trinajstić information content (AvgIpc) is 3.02. The Morgan fingerprint density at radius 1 is 1.32 bits per heavy atom. The molecule has 3 aromatic heterocycles. The van der Waals surface area contributed by atoms with Crippen LogP contribution in [0.15, 0.2) is 24.4 Å². The Balaban J connectivity index is 2.25. The highest BCUT2D eigenvalue weighted by Gasteiger charge is 2.18. The summed E-state index contributed by atoms with van der Waals surface area (Å²) in [5.41, 5.74) is 4.66. The number of hydrogen-bond donors (Lipinski definition) is 1. The van der Waals surface area contributed by atoms with Gasteiger partial charge in [0.05, 0.1) is 23.1 Å². The average molecular weight is 298 g/mol. The van der Waals surface area contributed by atoms with Crippen molar-refractivity contribution in [2.45, 2.75) is 33.7 Å². The number of carbonyl (C=O) groups is 1. The van der Waals surface area contributed by atoms with E-state index in [1.54, 1.807) is 10.6 Å². The lowest BCUT2D eigenvalue weighted by atomic mass is 10.1. The lowest BCUT2D eigenvalue weighted by Gasteiger charge is -2.07. The standard InChI is InChI=1S/C16H18N4O2/c1-4-8-19-11(3)15(10(2)18-19)14-7-5-6-13-12(16(21)22)9-17-20(13)14/h5-7,9H,4,8H2,1-3H3,(H,21,22). The molecule has 0 atom stereocenters. The molecule has 0 radical (unpaired) electrons. The van der Waals surface area contributed by atoms with Gasteiger partial charge in [-0.05, 0) is 32.4 Å². The first kappa shape index (κ1) is 14.3. The lowest BCUT2D eigenvalue weighted by molar-refractivity contribution is 0.0699. The van der Waals surface area contributed by atoms with Crippen molar-refractivity contribution in [2.24, 2.45) is 0 Å². The highest BCUT2D eigenvalue weighted by atomic mass is 16.4. The number of carboxylic acid groups (broad SMARTS) is 1. The van der Waals surface area contributed by atoms with Crippen LogP contribution in [0.5, 0.6) is 0 Å². The fourth-order valence-electron chi connectivity index (χ4n) is 2.86. The van der Waals surface area contributed by atoms with Gasteiger partial charge in [0.1, 0.15) is 5.56 Å². The zero-order chi connectivity index (χ0) is 15.9. The maximum atomic E-state index is 11.3. The number of rotatable bonds is 4. The van der Waals surface area contributed by atoms with E-state index < -0.39 is 5.97 Å². The van der Waals surface area contributed by atoms with Crippen molar-refractivity contribution in [1.82, 2.24) is 19.4 Å². The Labute approximate surface area is 128 Å². The predicted octanol–water partition coefficient (Wildman–Crippen LogP) is 2.92. The number of hydrogen-bond acceptors (Lipinski definition) is 3. The van der Waals surface area contributed by atoms with Crippen molar-refractivity contribution in [3.05, 3.63) is 41.3 Å². The van der Waals surface area contributed by atoms with Gasteiger partial charge < -0.3 is 5.11 Å². The normalized spacial score (nSPS) is 11.2. The van der Waals surface area contributed by atoms with E-state index in [0.29, 0.717) is 5.52 Å². The molecule has 0 saturated carbocycles. The number of carboxylic acids is 1. The molecule has 0 fully saturated rings. The molecule has 0 amide bonds. The van der Waals surface area contributed by atoms with Crippen LogP contribution in [0.4, 0.5) is 0 Å². The predicted molar refractivity (Wildman–Crippen MR) is 83.1 cm³/mol. The third-order valence-corrected chi connectivity index (χ3v) is 3.85. The molecule has 0 spiro atoms. The summed E-state index contributed by atoms with van der Waals surface area (Å²) in [5.74, 6) is -0.970. The van der Waals surface area contributed by atoms with Crippen LogP contribution in [-0.2, 0) is 6.54 Å². The third-order valence-electron chi connectivity index (χ3n) is 3.85. The molecular weight excluding hydrogens is 280 g/mol. The fourth-order valence-corrected chi connectivity index (χ4v) is 2.86. The number of fused-ring (bicyclic) bond motifs is 1. The van der Waals surface area contributed by atoms with Crippen molar-refractivity contribution >= 4 is 11.5 Å². The maximum Gasteiger partial charge on any atom is 0.339 e. The Kier molecular flexibility index (Phi) is 3.44. The minimum absolute atomic E-state index is 0.207. The summed E-state index contributed by atoms with van der Waals surface area (Å²) >= 11 is 0. The van der Waals surface area contributed by atoms with Crippen molar-refractivity contribution in [3.63, 3.8) is 0 Å². The lowest BCUT2D eigenvalue weighted by Crippen LogP contribution is -2.02. The maximum absolute atomic E-state index is 11.3. The summed E-state index contributed by atoms with van der Waals surface area (Å²) in [6, 6.07) is 5.56. The van der Waals surface area contributed by atoms with Gasteiger partial charge >= 0.3 is 5.97 Å². The Bertz CT molecular complexity index is 861. The van der Waals surface area contributed by atoms with Gasteiger partial charge in [-0.1, -0.05) is 13.0 Å². The SMILES string of the molecule is CCCn1nc(C)c(-c2cccc3c(C(=O)O)cnn23)c1C. The molecule has 6 heteroatoms. The number of aromatic carboxylic acids is 1. The Morgan fingerprint density at radius 2 is 2.09 bits per heavy atom. The molecule has 22 heavy (non-hydrogen) atoms. The van der Waals surface area contributed by atoms with Gasteiger partial charge in [-0.25, -0.2) is 9.31 Å². The van der Waals surface area contributed by atoms with Crippen molar-refractivity contribution in [3.8, 4) is 11.3 Å². The van der Waals surface area contributed by atoms with Crippen molar-refractivity contribution < 1.29 is 9.90 Å². The van der Waals surface area contributed by atoms with Crippen LogP contribution in [-0.4, -0.2) is 30.5 Å². The molecule has 0 aromatic carbocycles. The first-order chi connectivity index (χ1) is 10.5. The van der Waals surface area contributed by atoms with Crippen LogP contribution in [0.3, 0.4) is 0 Å². The van der Waals surface area contributed by atoms with Crippen LogP contribution in [0, 0.1) is 13.8 Å². The van der Waals surface area contributed by atoms with Crippen molar-refractivity contribution in [2.75, 3.05) is 0 Å². The molecule has 0 aliphatic heterocycles. The quantitative estimate of drug-likeness (QED) is 0.803. The fraction of sp³-hybridized carbons (Fsp3) is 0.312.